The van der Waals surface area contributed by atoms with Crippen LogP contribution in [0.25, 0.3) is 0 Å². The summed E-state index contributed by atoms with van der Waals surface area (Å²) < 4.78 is 36.6. The van der Waals surface area contributed by atoms with Gasteiger partial charge in [0.1, 0.15) is 0 Å². The summed E-state index contributed by atoms with van der Waals surface area (Å²) in [6.07, 6.45) is -0.821. The molecule has 0 radical (unpaired) electrons. The van der Waals surface area contributed by atoms with Crippen molar-refractivity contribution in [2.45, 2.75) is 6.04 Å². The van der Waals surface area contributed by atoms with E-state index in [0.29, 0.717) is 26.2 Å². The molecule has 9 heteroatoms. The largest absolute Gasteiger partial charge is 1.00 e. The average Bonchev–Trinajstić information content (AvgIpc) is 2.45. The fourth-order valence-corrected chi connectivity index (χ4v) is 2.13. The summed E-state index contributed by atoms with van der Waals surface area (Å²) >= 11 is 0. The Bertz CT molecular complexity index is 278. The molecule has 16 heavy (non-hydrogen) atoms. The topological polar surface area (TPSA) is 35.6 Å². The quantitative estimate of drug-likeness (QED) is 0.541. The number of fused-ring (bicyclic) bond motifs is 1. The van der Waals surface area contributed by atoms with Crippen LogP contribution in [0.15, 0.2) is 0 Å². The van der Waals surface area contributed by atoms with Crippen LogP contribution in [0.1, 0.15) is 0 Å². The summed E-state index contributed by atoms with van der Waals surface area (Å²) in [4.78, 5) is 14.2. The number of halogens is 3. The Hall–Kier alpha value is 0.721. The molecular formula is C7H12BF3KN3O. The molecule has 0 bridgehead atoms. The minimum absolute atomic E-state index is 0. The zero-order valence-corrected chi connectivity index (χ0v) is 12.2. The van der Waals surface area contributed by atoms with Crippen molar-refractivity contribution in [3.05, 3.63) is 0 Å². The maximum absolute atomic E-state index is 12.2. The second kappa shape index (κ2) is 5.57. The maximum Gasteiger partial charge on any atom is 1.00 e. The molecule has 2 amide bonds. The van der Waals surface area contributed by atoms with E-state index in [1.807, 2.05) is 0 Å². The van der Waals surface area contributed by atoms with Gasteiger partial charge in [-0.2, -0.15) is 0 Å². The number of hydrogen-bond acceptors (Lipinski definition) is 2. The first-order chi connectivity index (χ1) is 6.96. The molecule has 1 unspecified atom stereocenters. The first kappa shape index (κ1) is 14.8. The van der Waals surface area contributed by atoms with Crippen molar-refractivity contribution in [1.29, 1.82) is 0 Å². The molecule has 0 aliphatic carbocycles. The standard InChI is InChI=1S/C7H12BF3N3O.K/c9-8(10,11)5-13-1-2-14-6(4-13)3-12-7(14)15;/h6H,1-5H2,(H,12,15);/q-1;+1. The van der Waals surface area contributed by atoms with Crippen LogP contribution in [-0.4, -0.2) is 61.5 Å². The Morgan fingerprint density at radius 2 is 2.06 bits per heavy atom. The zero-order chi connectivity index (χ0) is 11.1. The van der Waals surface area contributed by atoms with Crippen molar-refractivity contribution in [2.24, 2.45) is 0 Å². The molecule has 86 valence electrons. The van der Waals surface area contributed by atoms with Gasteiger partial charge in [-0.25, -0.2) is 4.79 Å². The number of amides is 2. The number of nitrogens with zero attached hydrogens (tertiary/aromatic N) is 2. The van der Waals surface area contributed by atoms with Gasteiger partial charge >= 0.3 is 64.4 Å². The first-order valence-electron chi connectivity index (χ1n) is 4.93. The van der Waals surface area contributed by atoms with Crippen molar-refractivity contribution >= 4 is 13.0 Å². The number of carbonyl (C=O) groups is 1. The van der Waals surface area contributed by atoms with E-state index < -0.39 is 13.4 Å². The zero-order valence-electron chi connectivity index (χ0n) is 9.13. The fraction of sp³-hybridized carbons (Fsp3) is 0.857. The second-order valence-corrected chi connectivity index (χ2v) is 4.00. The molecule has 2 aliphatic heterocycles. The van der Waals surface area contributed by atoms with Crippen molar-refractivity contribution in [1.82, 2.24) is 15.1 Å². The van der Waals surface area contributed by atoms with E-state index in [2.05, 4.69) is 5.32 Å². The van der Waals surface area contributed by atoms with Crippen molar-refractivity contribution in [3.8, 4) is 0 Å². The molecular weight excluding hydrogens is 249 g/mol. The van der Waals surface area contributed by atoms with Gasteiger partial charge in [0.25, 0.3) is 0 Å². The number of piperazine rings is 1. The summed E-state index contributed by atoms with van der Waals surface area (Å²) in [6.45, 7) is -3.28. The Labute approximate surface area is 134 Å². The molecule has 0 aromatic carbocycles. The first-order valence-corrected chi connectivity index (χ1v) is 4.93. The molecule has 4 nitrogen and oxygen atoms in total. The molecule has 0 aromatic heterocycles. The van der Waals surface area contributed by atoms with E-state index in [0.717, 1.165) is 0 Å². The van der Waals surface area contributed by atoms with Crippen LogP contribution in [0.2, 0.25) is 0 Å². The molecule has 2 heterocycles. The van der Waals surface area contributed by atoms with Gasteiger partial charge in [-0.1, -0.05) is 0 Å². The number of nitrogens with one attached hydrogen (secondary N) is 1. The van der Waals surface area contributed by atoms with E-state index in [9.17, 15) is 17.7 Å². The molecule has 2 aliphatic rings. The fourth-order valence-electron chi connectivity index (χ4n) is 2.13. The smallest absolute Gasteiger partial charge is 0.448 e. The Kier molecular flexibility index (Phi) is 5.15. The van der Waals surface area contributed by atoms with Gasteiger partial charge in [0.15, 0.2) is 0 Å². The monoisotopic (exact) mass is 261 g/mol. The summed E-state index contributed by atoms with van der Waals surface area (Å²) in [5.41, 5.74) is 0. The predicted octanol–water partition coefficient (Wildman–Crippen LogP) is -2.91. The van der Waals surface area contributed by atoms with E-state index in [-0.39, 0.29) is 63.5 Å². The number of hydrogen-bond donors (Lipinski definition) is 1. The van der Waals surface area contributed by atoms with E-state index in [1.165, 1.54) is 4.90 Å². The molecule has 0 spiro atoms. The minimum atomic E-state index is -4.76. The molecule has 2 saturated heterocycles. The van der Waals surface area contributed by atoms with Gasteiger partial charge in [0.2, 0.25) is 0 Å². The van der Waals surface area contributed by atoms with Gasteiger partial charge in [-0.15, -0.1) is 0 Å². The van der Waals surface area contributed by atoms with Gasteiger partial charge in [0, 0.05) is 26.2 Å². The van der Waals surface area contributed by atoms with Gasteiger partial charge < -0.3 is 28.1 Å². The summed E-state index contributed by atoms with van der Waals surface area (Å²) in [5.74, 6) is 0. The van der Waals surface area contributed by atoms with E-state index in [1.54, 1.807) is 4.90 Å². The molecule has 2 rings (SSSR count). The molecule has 0 saturated carbocycles. The third-order valence-electron chi connectivity index (χ3n) is 2.78. The van der Waals surface area contributed by atoms with Crippen LogP contribution in [0.5, 0.6) is 0 Å². The minimum Gasteiger partial charge on any atom is -0.448 e. The van der Waals surface area contributed by atoms with Gasteiger partial charge in [-0.3, -0.25) is 0 Å². The third-order valence-corrected chi connectivity index (χ3v) is 2.78. The molecule has 1 atom stereocenters. The van der Waals surface area contributed by atoms with Crippen molar-refractivity contribution in [2.75, 3.05) is 32.6 Å². The number of urea groups is 1. The van der Waals surface area contributed by atoms with Gasteiger partial charge in [-0.05, 0) is 6.44 Å². The molecule has 2 fully saturated rings. The van der Waals surface area contributed by atoms with Crippen LogP contribution >= 0.6 is 0 Å². The van der Waals surface area contributed by atoms with E-state index in [4.69, 9.17) is 0 Å². The Balaban J connectivity index is 0.00000128. The summed E-state index contributed by atoms with van der Waals surface area (Å²) in [7, 11) is 0. The third kappa shape index (κ3) is 3.61. The number of rotatable bonds is 2. The van der Waals surface area contributed by atoms with E-state index >= 15 is 0 Å². The Morgan fingerprint density at radius 3 is 2.69 bits per heavy atom. The maximum atomic E-state index is 12.2. The van der Waals surface area contributed by atoms with Crippen LogP contribution in [0, 0.1) is 0 Å². The summed E-state index contributed by atoms with van der Waals surface area (Å²) in [6, 6.07) is -0.249. The van der Waals surface area contributed by atoms with Crippen LogP contribution in [0.3, 0.4) is 0 Å². The summed E-state index contributed by atoms with van der Waals surface area (Å²) in [5, 5.41) is 2.63. The number of carbonyl (C=O) groups excluding carboxylic acids is 1. The van der Waals surface area contributed by atoms with Crippen LogP contribution < -0.4 is 56.7 Å². The second-order valence-electron chi connectivity index (χ2n) is 4.00. The predicted molar refractivity (Wildman–Crippen MR) is 49.4 cm³/mol. The van der Waals surface area contributed by atoms with Crippen molar-refractivity contribution < 1.29 is 69.1 Å². The average molecular weight is 261 g/mol. The van der Waals surface area contributed by atoms with Crippen LogP contribution in [-0.2, 0) is 0 Å². The molecule has 0 aromatic rings. The Morgan fingerprint density at radius 1 is 1.38 bits per heavy atom. The van der Waals surface area contributed by atoms with Crippen LogP contribution in [0.4, 0.5) is 17.7 Å². The normalized spacial score (nSPS) is 26.1. The van der Waals surface area contributed by atoms with Crippen molar-refractivity contribution in [3.63, 3.8) is 0 Å². The van der Waals surface area contributed by atoms with Gasteiger partial charge in [0.05, 0.1) is 6.04 Å². The molecule has 1 N–H and O–H groups in total. The SMILES string of the molecule is O=C1NCC2CN(C[B-](F)(F)F)CCN12.[K+].